The maximum atomic E-state index is 14.2. The summed E-state index contributed by atoms with van der Waals surface area (Å²) < 4.78 is 0. The minimum Gasteiger partial charge on any atom is -0.481 e. The van der Waals surface area contributed by atoms with Gasteiger partial charge >= 0.3 is 5.97 Å². The number of carboxylic acids is 1. The van der Waals surface area contributed by atoms with Gasteiger partial charge in [0.2, 0.25) is 23.6 Å². The minimum atomic E-state index is -1.60. The quantitative estimate of drug-likeness (QED) is 0.0815. The number of aromatic amines is 1. The smallest absolute Gasteiger partial charge is 0.305 e. The molecule has 1 saturated heterocycles. The van der Waals surface area contributed by atoms with E-state index in [4.69, 9.17) is 5.73 Å². The lowest BCUT2D eigenvalue weighted by atomic mass is 9.98. The number of nitrogens with two attached hydrogens (primary N) is 1. The van der Waals surface area contributed by atoms with Crippen LogP contribution in [0.15, 0.2) is 60.8 Å². The van der Waals surface area contributed by atoms with Gasteiger partial charge in [-0.15, -0.1) is 0 Å². The number of aliphatic hydroxyl groups is 1. The second kappa shape index (κ2) is 19.8. The van der Waals surface area contributed by atoms with E-state index in [1.54, 1.807) is 50.4 Å². The summed E-state index contributed by atoms with van der Waals surface area (Å²) in [6, 6.07) is 11.3. The van der Waals surface area contributed by atoms with Crippen LogP contribution in [-0.2, 0) is 41.6 Å². The molecule has 6 unspecified atom stereocenters. The number of carbonyl (C=O) groups is 6. The highest BCUT2D eigenvalue weighted by molar-refractivity contribution is 5.92. The van der Waals surface area contributed by atoms with Crippen molar-refractivity contribution >= 4 is 46.8 Å². The average Bonchev–Trinajstić information content (AvgIpc) is 3.82. The first-order chi connectivity index (χ1) is 25.8. The molecule has 1 fully saturated rings. The predicted molar refractivity (Wildman–Crippen MR) is 202 cm³/mol. The van der Waals surface area contributed by atoms with Gasteiger partial charge in [-0.25, -0.2) is 0 Å². The van der Waals surface area contributed by atoms with Crippen LogP contribution < -0.4 is 21.7 Å². The van der Waals surface area contributed by atoms with E-state index in [1.165, 1.54) is 16.8 Å². The summed E-state index contributed by atoms with van der Waals surface area (Å²) in [5, 5.41) is 30.6. The molecule has 292 valence electrons. The zero-order valence-electron chi connectivity index (χ0n) is 31.1. The summed E-state index contributed by atoms with van der Waals surface area (Å²) in [4.78, 5) is 84.3. The number of carboxylic acid groups (broad SMARTS) is 1. The van der Waals surface area contributed by atoms with E-state index in [9.17, 15) is 39.0 Å². The van der Waals surface area contributed by atoms with Gasteiger partial charge in [-0.2, -0.15) is 0 Å². The highest BCUT2D eigenvalue weighted by Gasteiger charge is 2.41. The number of nitrogens with zero attached hydrogens (tertiary/aromatic N) is 2. The molecule has 0 saturated carbocycles. The largest absolute Gasteiger partial charge is 0.481 e. The summed E-state index contributed by atoms with van der Waals surface area (Å²) in [5.41, 5.74) is 8.00. The lowest BCUT2D eigenvalue weighted by Gasteiger charge is -2.36. The van der Waals surface area contributed by atoms with Gasteiger partial charge in [-0.3, -0.25) is 28.9 Å². The van der Waals surface area contributed by atoms with Gasteiger partial charge in [-0.1, -0.05) is 62.4 Å². The molecule has 54 heavy (non-hydrogen) atoms. The van der Waals surface area contributed by atoms with Crippen LogP contribution in [0, 0.1) is 5.92 Å². The first-order valence-corrected chi connectivity index (χ1v) is 18.4. The average molecular weight is 748 g/mol. The van der Waals surface area contributed by atoms with Crippen LogP contribution in [0.5, 0.6) is 0 Å². The fourth-order valence-electron chi connectivity index (χ4n) is 6.90. The van der Waals surface area contributed by atoms with Gasteiger partial charge < -0.3 is 46.6 Å². The number of hydrogen-bond donors (Lipinski definition) is 7. The Morgan fingerprint density at radius 3 is 2.39 bits per heavy atom. The molecule has 0 aliphatic carbocycles. The molecule has 1 aromatic heterocycles. The molecule has 2 heterocycles. The number of amides is 4. The fraction of sp³-hybridized carbons (Fsp3) is 0.487. The van der Waals surface area contributed by atoms with Crippen LogP contribution in [0.4, 0.5) is 0 Å². The van der Waals surface area contributed by atoms with Gasteiger partial charge in [-0.05, 0) is 48.9 Å². The molecule has 1 aliphatic heterocycles. The summed E-state index contributed by atoms with van der Waals surface area (Å²) in [6.07, 6.45) is 1.84. The second-order valence-electron chi connectivity index (χ2n) is 14.2. The molecule has 4 amide bonds. The Labute approximate surface area is 315 Å². The molecule has 0 spiro atoms. The van der Waals surface area contributed by atoms with Crippen molar-refractivity contribution in [3.63, 3.8) is 0 Å². The second-order valence-corrected chi connectivity index (χ2v) is 14.2. The number of fused-ring (bicyclic) bond motifs is 1. The number of carbonyl (C=O) groups excluding carboxylic acids is 5. The maximum Gasteiger partial charge on any atom is 0.305 e. The van der Waals surface area contributed by atoms with Gasteiger partial charge in [0, 0.05) is 50.0 Å². The Morgan fingerprint density at radius 1 is 1.02 bits per heavy atom. The van der Waals surface area contributed by atoms with Crippen molar-refractivity contribution in [2.75, 3.05) is 20.1 Å². The Morgan fingerprint density at radius 2 is 1.72 bits per heavy atom. The molecule has 4 rings (SSSR count). The third-order valence-corrected chi connectivity index (χ3v) is 9.87. The van der Waals surface area contributed by atoms with Gasteiger partial charge in [0.25, 0.3) is 0 Å². The molecule has 15 heteroatoms. The first kappa shape index (κ1) is 41.6. The normalized spacial score (nSPS) is 17.3. The number of nitrogens with one attached hydrogen (secondary N) is 4. The van der Waals surface area contributed by atoms with E-state index in [0.717, 1.165) is 16.5 Å². The van der Waals surface area contributed by atoms with Crippen molar-refractivity contribution in [1.82, 2.24) is 30.7 Å². The Balaban J connectivity index is 1.52. The molecule has 0 bridgehead atoms. The maximum absolute atomic E-state index is 14.2. The predicted octanol–water partition coefficient (Wildman–Crippen LogP) is 1.09. The molecule has 15 nitrogen and oxygen atoms in total. The standard InChI is InChI=1S/C39H53N7O8/c1-24(2)35(44-33(48)16-9-17-40)39(54)45(3)32(19-25-11-5-4-6-12-25)37(52)43-30(21-34(49)50)38(53)46-18-10-15-31(46)36(51)42-27(23-47)20-26-22-41-29-14-8-7-13-28(26)29/h4-8,11-14,22-24,27,30-32,35,38,41,53H,9-10,15-21,40H2,1-3H3,(H,42,51)(H,43,52)(H,44,48)(H,49,50). The molecular formula is C39H53N7O8. The lowest BCUT2D eigenvalue weighted by Crippen LogP contribution is -2.61. The number of H-pyrrole nitrogens is 1. The highest BCUT2D eigenvalue weighted by atomic mass is 16.4. The van der Waals surface area contributed by atoms with E-state index < -0.39 is 66.5 Å². The molecule has 0 radical (unpaired) electrons. The molecule has 6 atom stereocenters. The van der Waals surface area contributed by atoms with E-state index in [-0.39, 0.29) is 37.6 Å². The topological polar surface area (TPSA) is 227 Å². The van der Waals surface area contributed by atoms with Crippen molar-refractivity contribution in [2.24, 2.45) is 11.7 Å². The van der Waals surface area contributed by atoms with Crippen molar-refractivity contribution in [2.45, 2.75) is 95.2 Å². The van der Waals surface area contributed by atoms with Crippen LogP contribution in [0.2, 0.25) is 0 Å². The van der Waals surface area contributed by atoms with Crippen molar-refractivity contribution in [3.05, 3.63) is 71.9 Å². The van der Waals surface area contributed by atoms with E-state index in [1.807, 2.05) is 24.3 Å². The number of likely N-dealkylation sites (N-methyl/N-ethyl adjacent to an activating group) is 1. The Bertz CT molecular complexity index is 1750. The van der Waals surface area contributed by atoms with Crippen molar-refractivity contribution in [3.8, 4) is 0 Å². The van der Waals surface area contributed by atoms with Crippen molar-refractivity contribution in [1.29, 1.82) is 0 Å². The third kappa shape index (κ3) is 11.0. The minimum absolute atomic E-state index is 0.0506. The highest BCUT2D eigenvalue weighted by Crippen LogP contribution is 2.24. The van der Waals surface area contributed by atoms with E-state index in [2.05, 4.69) is 20.9 Å². The Hall–Kier alpha value is -5.12. The number of aliphatic hydroxyl groups excluding tert-OH is 1. The summed E-state index contributed by atoms with van der Waals surface area (Å²) in [5.74, 6) is -3.74. The summed E-state index contributed by atoms with van der Waals surface area (Å²) in [7, 11) is 1.44. The number of likely N-dealkylation sites (tertiary alicyclic amines) is 1. The monoisotopic (exact) mass is 747 g/mol. The van der Waals surface area contributed by atoms with Crippen LogP contribution in [-0.4, -0.2) is 117 Å². The zero-order chi connectivity index (χ0) is 39.4. The fourth-order valence-corrected chi connectivity index (χ4v) is 6.90. The molecule has 2 aromatic carbocycles. The van der Waals surface area contributed by atoms with Gasteiger partial charge in [0.1, 0.15) is 24.6 Å². The van der Waals surface area contributed by atoms with Crippen LogP contribution >= 0.6 is 0 Å². The van der Waals surface area contributed by atoms with Crippen LogP contribution in [0.1, 0.15) is 57.1 Å². The van der Waals surface area contributed by atoms with Crippen LogP contribution in [0.25, 0.3) is 10.9 Å². The van der Waals surface area contributed by atoms with Crippen LogP contribution in [0.3, 0.4) is 0 Å². The number of hydrogen-bond acceptors (Lipinski definition) is 9. The number of benzene rings is 2. The first-order valence-electron chi connectivity index (χ1n) is 18.4. The summed E-state index contributed by atoms with van der Waals surface area (Å²) >= 11 is 0. The van der Waals surface area contributed by atoms with Crippen molar-refractivity contribution < 1.29 is 39.0 Å². The number of aromatic nitrogens is 1. The summed E-state index contributed by atoms with van der Waals surface area (Å²) in [6.45, 7) is 4.08. The van der Waals surface area contributed by atoms with E-state index >= 15 is 0 Å². The lowest BCUT2D eigenvalue weighted by molar-refractivity contribution is -0.146. The number of rotatable bonds is 20. The SMILES string of the molecule is CC(C)C(NC(=O)CCCN)C(=O)N(C)C(Cc1ccccc1)C(=O)NC(CC(=O)O)C(O)N1CCCC1C(=O)NC(C=O)Cc1c[nH]c2ccccc12. The van der Waals surface area contributed by atoms with E-state index in [0.29, 0.717) is 37.7 Å². The molecule has 1 aliphatic rings. The third-order valence-electron chi connectivity index (χ3n) is 9.87. The molecule has 3 aromatic rings. The number of aliphatic carboxylic acids is 1. The Kier molecular flexibility index (Phi) is 15.3. The number of para-hydroxylation sites is 1. The molecular weight excluding hydrogens is 694 g/mol. The van der Waals surface area contributed by atoms with Gasteiger partial charge in [0.05, 0.1) is 24.5 Å². The zero-order valence-corrected chi connectivity index (χ0v) is 31.1. The van der Waals surface area contributed by atoms with Gasteiger partial charge in [0.15, 0.2) is 0 Å². The number of aldehydes is 1. The molecule has 8 N–H and O–H groups in total.